The number of imide groups is 1. The van der Waals surface area contributed by atoms with E-state index < -0.39 is 17.8 Å². The largest absolute Gasteiger partial charge is 0.299 e. The Balaban J connectivity index is 1.66. The monoisotopic (exact) mass is 395 g/mol. The number of halogens is 1. The first-order valence-electron chi connectivity index (χ1n) is 8.33. The topological polar surface area (TPSA) is 54.5 Å². The molecule has 2 fully saturated rings. The maximum Gasteiger partial charge on any atom is 0.238 e. The van der Waals surface area contributed by atoms with Crippen molar-refractivity contribution in [2.75, 3.05) is 4.90 Å². The molecular formula is C20H14BrNO3. The lowest BCUT2D eigenvalue weighted by molar-refractivity contribution is -0.134. The fourth-order valence-electron chi connectivity index (χ4n) is 4.83. The lowest BCUT2D eigenvalue weighted by Gasteiger charge is -2.43. The third kappa shape index (κ3) is 1.90. The summed E-state index contributed by atoms with van der Waals surface area (Å²) in [5.41, 5.74) is 2.56. The molecule has 3 aliphatic carbocycles. The number of amides is 2. The summed E-state index contributed by atoms with van der Waals surface area (Å²) in [6.07, 6.45) is 0.355. The van der Waals surface area contributed by atoms with Crippen LogP contribution >= 0.6 is 15.9 Å². The van der Waals surface area contributed by atoms with Gasteiger partial charge in [-0.05, 0) is 29.3 Å². The van der Waals surface area contributed by atoms with Gasteiger partial charge in [-0.1, -0.05) is 46.3 Å². The average molecular weight is 396 g/mol. The van der Waals surface area contributed by atoms with E-state index in [1.807, 2.05) is 30.3 Å². The maximum absolute atomic E-state index is 13.1. The Hall–Kier alpha value is -2.27. The minimum atomic E-state index is -0.562. The summed E-state index contributed by atoms with van der Waals surface area (Å²) in [5.74, 6) is -2.00. The Morgan fingerprint density at radius 3 is 2.36 bits per heavy atom. The Kier molecular flexibility index (Phi) is 3.07. The number of Topliss-reactive ketones (excluding diaryl/α,β-unsaturated/α-hetero) is 1. The minimum Gasteiger partial charge on any atom is -0.299 e. The highest BCUT2D eigenvalue weighted by atomic mass is 79.9. The third-order valence-electron chi connectivity index (χ3n) is 5.76. The van der Waals surface area contributed by atoms with Crippen molar-refractivity contribution in [2.24, 2.45) is 11.8 Å². The lowest BCUT2D eigenvalue weighted by atomic mass is 9.56. The standard InChI is InChI=1S/C20H14BrNO3/c21-10-4-3-5-11(8-10)22-19(24)17-14-9-15(23)16(18(17)20(22)25)13-7-2-1-6-12(13)14/h1-8,14,16-18H,9H2/t14-,16-,17-,18-/m1/s1. The van der Waals surface area contributed by atoms with Gasteiger partial charge in [-0.3, -0.25) is 14.4 Å². The van der Waals surface area contributed by atoms with Crippen LogP contribution in [0.25, 0.3) is 0 Å². The summed E-state index contributed by atoms with van der Waals surface area (Å²) >= 11 is 3.39. The van der Waals surface area contributed by atoms with E-state index in [1.165, 1.54) is 4.90 Å². The molecule has 1 saturated carbocycles. The number of carbonyl (C=O) groups is 3. The van der Waals surface area contributed by atoms with E-state index in [2.05, 4.69) is 15.9 Å². The van der Waals surface area contributed by atoms with Crippen LogP contribution in [0.2, 0.25) is 0 Å². The van der Waals surface area contributed by atoms with Crippen molar-refractivity contribution in [1.29, 1.82) is 0 Å². The molecule has 4 nitrogen and oxygen atoms in total. The molecule has 6 rings (SSSR count). The van der Waals surface area contributed by atoms with Crippen LogP contribution in [0.4, 0.5) is 5.69 Å². The van der Waals surface area contributed by atoms with Crippen LogP contribution in [0.5, 0.6) is 0 Å². The van der Waals surface area contributed by atoms with Gasteiger partial charge in [-0.2, -0.15) is 0 Å². The zero-order valence-electron chi connectivity index (χ0n) is 13.2. The molecule has 2 bridgehead atoms. The molecule has 0 N–H and O–H groups in total. The highest BCUT2D eigenvalue weighted by molar-refractivity contribution is 9.10. The highest BCUT2D eigenvalue weighted by Crippen LogP contribution is 2.57. The number of hydrogen-bond acceptors (Lipinski definition) is 3. The van der Waals surface area contributed by atoms with Gasteiger partial charge in [-0.15, -0.1) is 0 Å². The van der Waals surface area contributed by atoms with Crippen molar-refractivity contribution in [3.8, 4) is 0 Å². The van der Waals surface area contributed by atoms with E-state index in [9.17, 15) is 14.4 Å². The maximum atomic E-state index is 13.1. The molecule has 0 unspecified atom stereocenters. The van der Waals surface area contributed by atoms with Gasteiger partial charge in [0.25, 0.3) is 0 Å². The van der Waals surface area contributed by atoms with Crippen molar-refractivity contribution in [1.82, 2.24) is 0 Å². The predicted molar refractivity (Wildman–Crippen MR) is 95.2 cm³/mol. The minimum absolute atomic E-state index is 0.0854. The van der Waals surface area contributed by atoms with E-state index in [0.717, 1.165) is 15.6 Å². The van der Waals surface area contributed by atoms with E-state index in [0.29, 0.717) is 12.1 Å². The van der Waals surface area contributed by atoms with Gasteiger partial charge in [0.15, 0.2) is 0 Å². The van der Waals surface area contributed by atoms with Crippen molar-refractivity contribution in [3.05, 3.63) is 64.1 Å². The number of benzene rings is 2. The summed E-state index contributed by atoms with van der Waals surface area (Å²) in [6, 6.07) is 14.9. The molecular weight excluding hydrogens is 382 g/mol. The normalized spacial score (nSPS) is 29.8. The SMILES string of the molecule is O=C1C[C@@H]2c3ccccc3[C@H]1[C@H]1C(=O)N(c3cccc(Br)c3)C(=O)[C@@H]12. The second-order valence-electron chi connectivity index (χ2n) is 6.93. The van der Waals surface area contributed by atoms with Crippen LogP contribution in [0, 0.1) is 11.8 Å². The van der Waals surface area contributed by atoms with Crippen LogP contribution < -0.4 is 4.90 Å². The Morgan fingerprint density at radius 1 is 0.880 bits per heavy atom. The molecule has 2 amide bonds. The molecule has 5 heteroatoms. The van der Waals surface area contributed by atoms with E-state index >= 15 is 0 Å². The fourth-order valence-corrected chi connectivity index (χ4v) is 5.22. The molecule has 0 aromatic heterocycles. The first kappa shape index (κ1) is 15.0. The van der Waals surface area contributed by atoms with E-state index in [1.54, 1.807) is 18.2 Å². The number of nitrogens with zero attached hydrogens (tertiary/aromatic N) is 1. The van der Waals surface area contributed by atoms with Crippen LogP contribution in [-0.2, 0) is 14.4 Å². The molecule has 4 atom stereocenters. The summed E-state index contributed by atoms with van der Waals surface area (Å²) in [4.78, 5) is 40.2. The first-order valence-corrected chi connectivity index (χ1v) is 9.12. The van der Waals surface area contributed by atoms with Crippen molar-refractivity contribution >= 4 is 39.2 Å². The van der Waals surface area contributed by atoms with Gasteiger partial charge in [0, 0.05) is 16.8 Å². The zero-order chi connectivity index (χ0) is 17.3. The van der Waals surface area contributed by atoms with Crippen molar-refractivity contribution in [2.45, 2.75) is 18.3 Å². The van der Waals surface area contributed by atoms with Crippen LogP contribution in [-0.4, -0.2) is 17.6 Å². The molecule has 2 aromatic carbocycles. The summed E-state index contributed by atoms with van der Waals surface area (Å²) in [6.45, 7) is 0. The Morgan fingerprint density at radius 2 is 1.60 bits per heavy atom. The Bertz CT molecular complexity index is 953. The zero-order valence-corrected chi connectivity index (χ0v) is 14.8. The quantitative estimate of drug-likeness (QED) is 0.695. The lowest BCUT2D eigenvalue weighted by Crippen LogP contribution is -2.44. The molecule has 1 saturated heterocycles. The van der Waals surface area contributed by atoms with Crippen molar-refractivity contribution < 1.29 is 14.4 Å². The van der Waals surface area contributed by atoms with Gasteiger partial charge in [0.05, 0.1) is 23.4 Å². The molecule has 124 valence electrons. The summed E-state index contributed by atoms with van der Waals surface area (Å²) < 4.78 is 0.808. The van der Waals surface area contributed by atoms with Gasteiger partial charge in [0.2, 0.25) is 11.8 Å². The molecule has 4 aliphatic rings. The average Bonchev–Trinajstić information content (AvgIpc) is 2.87. The Labute approximate surface area is 153 Å². The number of fused-ring (bicyclic) bond motifs is 1. The number of carbonyl (C=O) groups excluding carboxylic acids is 3. The molecule has 2 aromatic rings. The molecule has 1 aliphatic heterocycles. The van der Waals surface area contributed by atoms with Gasteiger partial charge in [0.1, 0.15) is 5.78 Å². The third-order valence-corrected chi connectivity index (χ3v) is 6.25. The summed E-state index contributed by atoms with van der Waals surface area (Å²) in [5, 5.41) is 0. The second kappa shape index (κ2) is 5.11. The molecule has 0 spiro atoms. The number of anilines is 1. The molecule has 0 radical (unpaired) electrons. The second-order valence-corrected chi connectivity index (χ2v) is 7.84. The first-order chi connectivity index (χ1) is 12.1. The predicted octanol–water partition coefficient (Wildman–Crippen LogP) is 3.41. The number of rotatable bonds is 1. The van der Waals surface area contributed by atoms with Crippen LogP contribution in [0.15, 0.2) is 53.0 Å². The number of ketones is 1. The molecule has 1 heterocycles. The highest BCUT2D eigenvalue weighted by Gasteiger charge is 2.62. The van der Waals surface area contributed by atoms with Gasteiger partial charge in [-0.25, -0.2) is 4.90 Å². The van der Waals surface area contributed by atoms with E-state index in [4.69, 9.17) is 0 Å². The van der Waals surface area contributed by atoms with Gasteiger partial charge >= 0.3 is 0 Å². The smallest absolute Gasteiger partial charge is 0.238 e. The summed E-state index contributed by atoms with van der Waals surface area (Å²) in [7, 11) is 0. The van der Waals surface area contributed by atoms with Crippen LogP contribution in [0.1, 0.15) is 29.4 Å². The van der Waals surface area contributed by atoms with Gasteiger partial charge < -0.3 is 0 Å². The fraction of sp³-hybridized carbons (Fsp3) is 0.250. The molecule has 25 heavy (non-hydrogen) atoms. The van der Waals surface area contributed by atoms with Crippen LogP contribution in [0.3, 0.4) is 0 Å². The number of hydrogen-bond donors (Lipinski definition) is 0. The van der Waals surface area contributed by atoms with E-state index in [-0.39, 0.29) is 23.5 Å². The van der Waals surface area contributed by atoms with Crippen molar-refractivity contribution in [3.63, 3.8) is 0 Å².